The predicted octanol–water partition coefficient (Wildman–Crippen LogP) is 7.09. The molecule has 5 heteroatoms. The molecule has 0 unspecified atom stereocenters. The molecule has 29 heavy (non-hydrogen) atoms. The van der Waals surface area contributed by atoms with Crippen molar-refractivity contribution in [1.29, 1.82) is 0 Å². The van der Waals surface area contributed by atoms with Crippen LogP contribution in [-0.2, 0) is 16.5 Å². The van der Waals surface area contributed by atoms with Crippen LogP contribution >= 0.6 is 0 Å². The fraction of sp³-hybridized carbons (Fsp3) is 0.750. The van der Waals surface area contributed by atoms with E-state index in [1.54, 1.807) is 12.1 Å². The van der Waals surface area contributed by atoms with Crippen molar-refractivity contribution in [3.8, 4) is 0 Å². The minimum absolute atomic E-state index is 0. The summed E-state index contributed by atoms with van der Waals surface area (Å²) in [5.41, 5.74) is 0.732. The van der Waals surface area contributed by atoms with E-state index in [0.29, 0.717) is 6.42 Å². The van der Waals surface area contributed by atoms with Gasteiger partial charge in [0.2, 0.25) is 0 Å². The Hall–Kier alpha value is 0.766. The Morgan fingerprint density at radius 1 is 0.655 bits per heavy atom. The number of hydrogen-bond acceptors (Lipinski definition) is 2. The first kappa shape index (κ1) is 29.8. The van der Waals surface area contributed by atoms with Crippen molar-refractivity contribution < 1.29 is 13.0 Å². The Bertz CT molecular complexity index is 602. The van der Waals surface area contributed by atoms with Gasteiger partial charge in [0, 0.05) is 0 Å². The number of aryl methyl sites for hydroxylation is 1. The number of unbranched alkanes of at least 4 members (excludes halogenated alkanes) is 15. The summed E-state index contributed by atoms with van der Waals surface area (Å²) >= 11 is 0. The van der Waals surface area contributed by atoms with Crippen molar-refractivity contribution in [2.24, 2.45) is 0 Å². The summed E-state index contributed by atoms with van der Waals surface area (Å²) in [7, 11) is -4.11. The first-order valence-electron chi connectivity index (χ1n) is 11.6. The summed E-state index contributed by atoms with van der Waals surface area (Å²) in [5.74, 6) is 0. The van der Waals surface area contributed by atoms with Crippen LogP contribution in [0.4, 0.5) is 0 Å². The Morgan fingerprint density at radius 2 is 1.03 bits per heavy atom. The van der Waals surface area contributed by atoms with E-state index in [-0.39, 0.29) is 56.3 Å². The first-order valence-corrected chi connectivity index (χ1v) is 13.0. The molecule has 0 spiro atoms. The van der Waals surface area contributed by atoms with Crippen molar-refractivity contribution in [2.75, 3.05) is 0 Å². The fourth-order valence-corrected chi connectivity index (χ4v) is 4.58. The third-order valence-electron chi connectivity index (χ3n) is 5.55. The summed E-state index contributed by atoms with van der Waals surface area (Å²) in [4.78, 5) is 0.0657. The quantitative estimate of drug-likeness (QED) is 0.147. The van der Waals surface area contributed by atoms with Crippen LogP contribution in [0.15, 0.2) is 29.2 Å². The molecule has 0 aromatic heterocycles. The molecule has 3 nitrogen and oxygen atoms in total. The normalized spacial score (nSPS) is 11.4. The third kappa shape index (κ3) is 16.1. The second-order valence-electron chi connectivity index (χ2n) is 8.14. The molecule has 0 saturated carbocycles. The Labute approximate surface area is 223 Å². The van der Waals surface area contributed by atoms with E-state index >= 15 is 0 Å². The standard InChI is InChI=1S/C24H42O3S.K.H/c1-2-3-4-5-6-7-8-9-10-11-12-13-14-15-16-17-20-23-21-18-19-22-24(23)28(25,26)27;;/h18-19,21-22H,2-17,20H2,1H3,(H,25,26,27);;. The second-order valence-corrected chi connectivity index (χ2v) is 9.53. The second kappa shape index (κ2) is 19.5. The van der Waals surface area contributed by atoms with Gasteiger partial charge in [-0.2, -0.15) is 8.42 Å². The SMILES string of the molecule is CCCCCCCCCCCCCCCCCCc1ccccc1S(=O)(=O)O.[KH]. The number of benzene rings is 1. The van der Waals surface area contributed by atoms with Crippen molar-refractivity contribution in [3.05, 3.63) is 29.8 Å². The molecule has 1 rings (SSSR count). The van der Waals surface area contributed by atoms with Crippen LogP contribution in [0.2, 0.25) is 0 Å². The molecule has 0 aliphatic carbocycles. The van der Waals surface area contributed by atoms with Crippen molar-refractivity contribution in [2.45, 2.75) is 121 Å². The van der Waals surface area contributed by atoms with Crippen molar-refractivity contribution in [1.82, 2.24) is 0 Å². The molecule has 0 heterocycles. The van der Waals surface area contributed by atoms with E-state index in [1.807, 2.05) is 6.07 Å². The zero-order valence-corrected chi connectivity index (χ0v) is 18.8. The van der Waals surface area contributed by atoms with Crippen LogP contribution in [0.5, 0.6) is 0 Å². The van der Waals surface area contributed by atoms with Crippen LogP contribution in [0.25, 0.3) is 0 Å². The van der Waals surface area contributed by atoms with Gasteiger partial charge in [0.25, 0.3) is 10.1 Å². The van der Waals surface area contributed by atoms with Gasteiger partial charge in [-0.05, 0) is 24.5 Å². The summed E-state index contributed by atoms with van der Waals surface area (Å²) < 4.78 is 32.0. The van der Waals surface area contributed by atoms with E-state index in [0.717, 1.165) is 18.4 Å². The molecule has 1 N–H and O–H groups in total. The summed E-state index contributed by atoms with van der Waals surface area (Å²) in [6, 6.07) is 6.77. The van der Waals surface area contributed by atoms with Crippen LogP contribution in [0.1, 0.15) is 115 Å². The summed E-state index contributed by atoms with van der Waals surface area (Å²) in [5, 5.41) is 0. The molecule has 0 radical (unpaired) electrons. The average Bonchev–Trinajstić information content (AvgIpc) is 2.67. The van der Waals surface area contributed by atoms with Gasteiger partial charge in [-0.15, -0.1) is 0 Å². The Balaban J connectivity index is 0.00000784. The van der Waals surface area contributed by atoms with E-state index in [9.17, 15) is 13.0 Å². The van der Waals surface area contributed by atoms with E-state index in [2.05, 4.69) is 6.92 Å². The van der Waals surface area contributed by atoms with Crippen molar-refractivity contribution in [3.63, 3.8) is 0 Å². The van der Waals surface area contributed by atoms with E-state index in [4.69, 9.17) is 0 Å². The van der Waals surface area contributed by atoms with Crippen LogP contribution in [-0.4, -0.2) is 64.4 Å². The first-order chi connectivity index (χ1) is 13.6. The van der Waals surface area contributed by atoms with Crippen LogP contribution in [0.3, 0.4) is 0 Å². The Kier molecular flexibility index (Phi) is 20.0. The average molecular weight is 451 g/mol. The predicted molar refractivity (Wildman–Crippen MR) is 127 cm³/mol. The van der Waals surface area contributed by atoms with Crippen LogP contribution in [0, 0.1) is 0 Å². The molecule has 0 amide bonds. The van der Waals surface area contributed by atoms with Crippen LogP contribution < -0.4 is 0 Å². The Morgan fingerprint density at radius 3 is 1.45 bits per heavy atom. The number of rotatable bonds is 18. The molecule has 1 aromatic carbocycles. The monoisotopic (exact) mass is 450 g/mol. The maximum absolute atomic E-state index is 11.4. The molecule has 0 aliphatic rings. The topological polar surface area (TPSA) is 54.4 Å². The van der Waals surface area contributed by atoms with E-state index in [1.165, 1.54) is 96.0 Å². The van der Waals surface area contributed by atoms with Crippen molar-refractivity contribution >= 4 is 61.5 Å². The van der Waals surface area contributed by atoms with Gasteiger partial charge in [-0.3, -0.25) is 4.55 Å². The van der Waals surface area contributed by atoms with Gasteiger partial charge >= 0.3 is 51.4 Å². The molecule has 0 saturated heterocycles. The molecule has 0 bridgehead atoms. The van der Waals surface area contributed by atoms with Gasteiger partial charge in [0.15, 0.2) is 0 Å². The number of hydrogen-bond donors (Lipinski definition) is 1. The van der Waals surface area contributed by atoms with E-state index < -0.39 is 10.1 Å². The third-order valence-corrected chi connectivity index (χ3v) is 6.50. The van der Waals surface area contributed by atoms with Gasteiger partial charge in [-0.25, -0.2) is 0 Å². The summed E-state index contributed by atoms with van der Waals surface area (Å²) in [6.45, 7) is 2.27. The molecular formula is C24H43KO3S. The molecule has 0 atom stereocenters. The molecule has 1 aromatic rings. The van der Waals surface area contributed by atoms with Gasteiger partial charge in [0.05, 0.1) is 4.90 Å². The molecular weight excluding hydrogens is 407 g/mol. The summed E-state index contributed by atoms with van der Waals surface area (Å²) in [6.07, 6.45) is 22.0. The fourth-order valence-electron chi connectivity index (χ4n) is 3.83. The molecule has 164 valence electrons. The zero-order valence-electron chi connectivity index (χ0n) is 18.0. The maximum atomic E-state index is 11.4. The molecule has 0 fully saturated rings. The molecule has 0 aliphatic heterocycles. The van der Waals surface area contributed by atoms with Gasteiger partial charge in [-0.1, -0.05) is 121 Å². The minimum atomic E-state index is -4.11. The van der Waals surface area contributed by atoms with Gasteiger partial charge < -0.3 is 0 Å². The van der Waals surface area contributed by atoms with Gasteiger partial charge in [0.1, 0.15) is 0 Å². The zero-order chi connectivity index (χ0) is 20.5.